The third kappa shape index (κ3) is 8.18. The lowest BCUT2D eigenvalue weighted by Gasteiger charge is -2.23. The number of thiazole rings is 1. The molecule has 38 heavy (non-hydrogen) atoms. The van der Waals surface area contributed by atoms with Gasteiger partial charge in [0.15, 0.2) is 0 Å². The Bertz CT molecular complexity index is 1410. The summed E-state index contributed by atoms with van der Waals surface area (Å²) in [5.74, 6) is -0.187. The average Bonchev–Trinajstić information content (AvgIpc) is 3.59. The number of benzene rings is 2. The van der Waals surface area contributed by atoms with Crippen molar-refractivity contribution < 1.29 is 22.5 Å². The van der Waals surface area contributed by atoms with E-state index in [4.69, 9.17) is 14.3 Å². The van der Waals surface area contributed by atoms with Gasteiger partial charge in [0.1, 0.15) is 5.01 Å². The van der Waals surface area contributed by atoms with Crippen molar-refractivity contribution in [2.45, 2.75) is 24.9 Å². The third-order valence-corrected chi connectivity index (χ3v) is 7.80. The van der Waals surface area contributed by atoms with Crippen LogP contribution in [0, 0.1) is 0 Å². The number of carbonyl (C=O) groups is 1. The second-order valence-corrected chi connectivity index (χ2v) is 11.3. The number of anilines is 1. The highest BCUT2D eigenvalue weighted by molar-refractivity contribution is 7.87. The summed E-state index contributed by atoms with van der Waals surface area (Å²) >= 11 is 3.06. The number of carbonyl (C=O) groups excluding carboxylic acids is 1. The van der Waals surface area contributed by atoms with Crippen LogP contribution >= 0.6 is 22.7 Å². The first-order chi connectivity index (χ1) is 18.3. The largest absolute Gasteiger partial charge is 0.370 e. The Morgan fingerprint density at radius 2 is 1.76 bits per heavy atom. The fourth-order valence-electron chi connectivity index (χ4n) is 3.85. The summed E-state index contributed by atoms with van der Waals surface area (Å²) in [6.07, 6.45) is 0.910. The molecule has 0 saturated heterocycles. The molecule has 4 N–H and O–H groups in total. The minimum absolute atomic E-state index is 0.187. The number of thiophene rings is 1. The van der Waals surface area contributed by atoms with Crippen LogP contribution in [0.2, 0.25) is 0 Å². The molecular weight excluding hydrogens is 545 g/mol. The van der Waals surface area contributed by atoms with E-state index in [0.717, 1.165) is 27.4 Å². The van der Waals surface area contributed by atoms with E-state index in [1.807, 2.05) is 57.3 Å². The highest BCUT2D eigenvalue weighted by Gasteiger charge is 2.25. The molecule has 0 aliphatic heterocycles. The quantitative estimate of drug-likeness (QED) is 0.139. The van der Waals surface area contributed by atoms with Crippen molar-refractivity contribution in [2.24, 2.45) is 0 Å². The molecule has 0 spiro atoms. The highest BCUT2D eigenvalue weighted by atomic mass is 32.2. The van der Waals surface area contributed by atoms with Crippen LogP contribution in [0.25, 0.3) is 11.3 Å². The summed E-state index contributed by atoms with van der Waals surface area (Å²) in [6, 6.07) is 17.4. The Hall–Kier alpha value is -3.13. The molecule has 2 aromatic heterocycles. The zero-order valence-electron chi connectivity index (χ0n) is 20.5. The molecule has 200 valence electrons. The van der Waals surface area contributed by atoms with Crippen LogP contribution in [0.5, 0.6) is 0 Å². The molecule has 4 aromatic rings. The van der Waals surface area contributed by atoms with E-state index in [0.29, 0.717) is 12.8 Å². The molecule has 0 fully saturated rings. The van der Waals surface area contributed by atoms with Crippen LogP contribution < -0.4 is 15.4 Å². The van der Waals surface area contributed by atoms with E-state index in [2.05, 4.69) is 10.6 Å². The number of hydrogen-bond acceptors (Lipinski definition) is 8. The predicted molar refractivity (Wildman–Crippen MR) is 151 cm³/mol. The van der Waals surface area contributed by atoms with Gasteiger partial charge in [-0.1, -0.05) is 42.5 Å². The molecule has 0 aliphatic rings. The van der Waals surface area contributed by atoms with Gasteiger partial charge in [0.2, 0.25) is 5.91 Å². The lowest BCUT2D eigenvalue weighted by atomic mass is 10.0. The van der Waals surface area contributed by atoms with Gasteiger partial charge in [-0.3, -0.25) is 19.4 Å². The minimum atomic E-state index is -4.37. The van der Waals surface area contributed by atoms with Crippen molar-refractivity contribution in [2.75, 3.05) is 18.6 Å². The van der Waals surface area contributed by atoms with E-state index in [-0.39, 0.29) is 18.3 Å². The first-order valence-corrected chi connectivity index (χ1v) is 15.0. The van der Waals surface area contributed by atoms with E-state index in [1.54, 1.807) is 42.7 Å². The average molecular weight is 573 g/mol. The lowest BCUT2D eigenvalue weighted by molar-refractivity contribution is -0.124. The summed E-state index contributed by atoms with van der Waals surface area (Å²) in [5, 5.41) is 13.1. The van der Waals surface area contributed by atoms with Crippen LogP contribution in [0.4, 0.5) is 5.69 Å². The number of hydrogen-bond donors (Lipinski definition) is 4. The fraction of sp³-hybridized carbons (Fsp3) is 0.231. The SMILES string of the molecule is COCNC(Cc1ccccc1)C(=O)NC(Cc1ccc(NS(=O)(=O)O)cc1)c1nc(-c2ccsc2)cs1. The van der Waals surface area contributed by atoms with Gasteiger partial charge in [-0.15, -0.1) is 11.3 Å². The molecular formula is C26H28N4O5S3. The Balaban J connectivity index is 1.57. The fourth-order valence-corrected chi connectivity index (χ4v) is 5.81. The number of nitrogens with one attached hydrogen (secondary N) is 3. The molecule has 0 bridgehead atoms. The van der Waals surface area contributed by atoms with Crippen molar-refractivity contribution in [3.8, 4) is 11.3 Å². The number of rotatable bonds is 13. The molecule has 2 atom stereocenters. The van der Waals surface area contributed by atoms with Crippen molar-refractivity contribution in [1.29, 1.82) is 0 Å². The maximum atomic E-state index is 13.5. The maximum Gasteiger partial charge on any atom is 0.357 e. The number of ether oxygens (including phenoxy) is 1. The Morgan fingerprint density at radius 1 is 1.03 bits per heavy atom. The van der Waals surface area contributed by atoms with Gasteiger partial charge >= 0.3 is 10.3 Å². The molecule has 2 heterocycles. The summed E-state index contributed by atoms with van der Waals surface area (Å²) in [7, 11) is -2.80. The standard InChI is InChI=1S/C26H28N4O5S3/c1-35-17-27-22(13-18-5-3-2-4-6-18)25(31)28-23(26-29-24(16-37-26)20-11-12-36-15-20)14-19-7-9-21(10-8-19)30-38(32,33)34/h2-12,15-16,22-23,27,30H,13-14,17H2,1H3,(H,28,31)(H,32,33,34). The third-order valence-electron chi connectivity index (χ3n) is 5.67. The molecule has 9 nitrogen and oxygen atoms in total. The normalized spacial score (nSPS) is 13.1. The van der Waals surface area contributed by atoms with E-state index < -0.39 is 22.4 Å². The molecule has 1 amide bonds. The molecule has 0 aliphatic carbocycles. The number of methoxy groups -OCH3 is 1. The van der Waals surface area contributed by atoms with Crippen LogP contribution in [0.3, 0.4) is 0 Å². The molecule has 12 heteroatoms. The zero-order chi connectivity index (χ0) is 27.0. The summed E-state index contributed by atoms with van der Waals surface area (Å²) < 4.78 is 38.5. The van der Waals surface area contributed by atoms with Crippen LogP contribution in [-0.2, 0) is 32.7 Å². The number of nitrogens with zero attached hydrogens (tertiary/aromatic N) is 1. The Kier molecular flexibility index (Phi) is 9.61. The predicted octanol–water partition coefficient (Wildman–Crippen LogP) is 4.29. The Labute approximate surface area is 229 Å². The van der Waals surface area contributed by atoms with Gasteiger partial charge in [0.25, 0.3) is 0 Å². The van der Waals surface area contributed by atoms with Crippen molar-refractivity contribution in [3.05, 3.63) is 92.9 Å². The van der Waals surface area contributed by atoms with Gasteiger partial charge in [0.05, 0.1) is 30.2 Å². The van der Waals surface area contributed by atoms with Crippen LogP contribution in [0.1, 0.15) is 22.2 Å². The smallest absolute Gasteiger partial charge is 0.357 e. The topological polar surface area (TPSA) is 130 Å². The number of aromatic nitrogens is 1. The zero-order valence-corrected chi connectivity index (χ0v) is 23.0. The van der Waals surface area contributed by atoms with Crippen LogP contribution in [0.15, 0.2) is 76.8 Å². The van der Waals surface area contributed by atoms with Crippen molar-refractivity contribution in [3.63, 3.8) is 0 Å². The first kappa shape index (κ1) is 27.9. The van der Waals surface area contributed by atoms with E-state index in [9.17, 15) is 13.2 Å². The molecule has 2 aromatic carbocycles. The van der Waals surface area contributed by atoms with Gasteiger partial charge in [-0.2, -0.15) is 19.8 Å². The van der Waals surface area contributed by atoms with Gasteiger partial charge in [-0.25, -0.2) is 4.98 Å². The lowest BCUT2D eigenvalue weighted by Crippen LogP contribution is -2.47. The first-order valence-electron chi connectivity index (χ1n) is 11.7. The number of amides is 1. The highest BCUT2D eigenvalue weighted by Crippen LogP contribution is 2.29. The van der Waals surface area contributed by atoms with Crippen LogP contribution in [-0.4, -0.2) is 43.7 Å². The molecule has 2 unspecified atom stereocenters. The van der Waals surface area contributed by atoms with E-state index >= 15 is 0 Å². The molecule has 0 radical (unpaired) electrons. The van der Waals surface area contributed by atoms with E-state index in [1.165, 1.54) is 11.3 Å². The van der Waals surface area contributed by atoms with Crippen molar-refractivity contribution >= 4 is 44.6 Å². The monoisotopic (exact) mass is 572 g/mol. The second-order valence-electron chi connectivity index (χ2n) is 8.50. The summed E-state index contributed by atoms with van der Waals surface area (Å²) in [4.78, 5) is 18.3. The summed E-state index contributed by atoms with van der Waals surface area (Å²) in [5.41, 5.74) is 3.97. The van der Waals surface area contributed by atoms with Gasteiger partial charge in [0, 0.05) is 23.4 Å². The Morgan fingerprint density at radius 3 is 2.42 bits per heavy atom. The maximum absolute atomic E-state index is 13.5. The van der Waals surface area contributed by atoms with Crippen molar-refractivity contribution in [1.82, 2.24) is 15.6 Å². The van der Waals surface area contributed by atoms with Gasteiger partial charge < -0.3 is 10.1 Å². The second kappa shape index (κ2) is 13.1. The minimum Gasteiger partial charge on any atom is -0.370 e. The molecule has 4 rings (SSSR count). The summed E-state index contributed by atoms with van der Waals surface area (Å²) in [6.45, 7) is 0.220. The molecule has 0 saturated carbocycles. The van der Waals surface area contributed by atoms with Gasteiger partial charge in [-0.05, 0) is 47.5 Å².